The van der Waals surface area contributed by atoms with Crippen molar-refractivity contribution >= 4 is 24.7 Å². The number of carbonyl (C=O) groups is 1. The lowest BCUT2D eigenvalue weighted by Gasteiger charge is -2.39. The Kier molecular flexibility index (Phi) is 7.16. The summed E-state index contributed by atoms with van der Waals surface area (Å²) in [5.41, 5.74) is -0.384. The number of carbonyl (C=O) groups excluding carboxylic acids is 1. The van der Waals surface area contributed by atoms with Crippen LogP contribution in [0.2, 0.25) is 6.04 Å². The van der Waals surface area contributed by atoms with Crippen LogP contribution in [0.3, 0.4) is 0 Å². The van der Waals surface area contributed by atoms with Gasteiger partial charge in [-0.25, -0.2) is 4.79 Å². The fourth-order valence-electron chi connectivity index (χ4n) is 3.17. The van der Waals surface area contributed by atoms with Gasteiger partial charge in [-0.15, -0.1) is 0 Å². The van der Waals surface area contributed by atoms with Crippen LogP contribution in [-0.2, 0) is 14.0 Å². The number of hydrogen-bond donors (Lipinski definition) is 0. The first-order valence-corrected chi connectivity index (χ1v) is 11.4. The summed E-state index contributed by atoms with van der Waals surface area (Å²) in [6.07, 6.45) is 3.53. The Morgan fingerprint density at radius 1 is 1.00 bits per heavy atom. The molecule has 0 N–H and O–H groups in total. The monoisotopic (exact) mass is 382 g/mol. The van der Waals surface area contributed by atoms with E-state index in [1.54, 1.807) is 0 Å². The van der Waals surface area contributed by atoms with E-state index in [1.165, 1.54) is 7.11 Å². The molecule has 0 aromatic heterocycles. The molecule has 0 aliphatic heterocycles. The van der Waals surface area contributed by atoms with Crippen LogP contribution in [0.15, 0.2) is 72.8 Å². The van der Waals surface area contributed by atoms with Crippen LogP contribution < -0.4 is 10.4 Å². The van der Waals surface area contributed by atoms with Crippen LogP contribution in [-0.4, -0.2) is 27.5 Å². The van der Waals surface area contributed by atoms with Crippen molar-refractivity contribution in [2.24, 2.45) is 5.41 Å². The molecule has 2 rings (SSSR count). The van der Waals surface area contributed by atoms with E-state index in [0.717, 1.165) is 16.4 Å². The minimum Gasteiger partial charge on any atom is -0.467 e. The first-order chi connectivity index (χ1) is 12.8. The minimum atomic E-state index is -2.71. The van der Waals surface area contributed by atoms with E-state index in [4.69, 9.17) is 9.16 Å². The zero-order valence-corrected chi connectivity index (χ0v) is 17.9. The average molecular weight is 383 g/mol. The Bertz CT molecular complexity index is 709. The lowest BCUT2D eigenvalue weighted by molar-refractivity contribution is -0.154. The summed E-state index contributed by atoms with van der Waals surface area (Å²) >= 11 is 0. The van der Waals surface area contributed by atoms with Crippen LogP contribution in [0.5, 0.6) is 0 Å². The highest BCUT2D eigenvalue weighted by Gasteiger charge is 2.46. The molecule has 3 nitrogen and oxygen atoms in total. The van der Waals surface area contributed by atoms with Crippen LogP contribution in [0.1, 0.15) is 27.7 Å². The Hall–Kier alpha value is -2.17. The van der Waals surface area contributed by atoms with Gasteiger partial charge in [0.05, 0.1) is 7.11 Å². The van der Waals surface area contributed by atoms with E-state index in [-0.39, 0.29) is 11.4 Å². The van der Waals surface area contributed by atoms with Gasteiger partial charge >= 0.3 is 5.97 Å². The van der Waals surface area contributed by atoms with Gasteiger partial charge in [-0.2, -0.15) is 0 Å². The van der Waals surface area contributed by atoms with E-state index >= 15 is 0 Å². The van der Waals surface area contributed by atoms with Gasteiger partial charge in [0.1, 0.15) is 6.10 Å². The Morgan fingerprint density at radius 3 is 1.85 bits per heavy atom. The Balaban J connectivity index is 2.68. The summed E-state index contributed by atoms with van der Waals surface area (Å²) < 4.78 is 11.9. The molecule has 0 aliphatic carbocycles. The second-order valence-electron chi connectivity index (χ2n) is 7.72. The van der Waals surface area contributed by atoms with Crippen molar-refractivity contribution in [2.45, 2.75) is 39.8 Å². The maximum absolute atomic E-state index is 12.6. The highest BCUT2D eigenvalue weighted by molar-refractivity contribution is 6.97. The van der Waals surface area contributed by atoms with Gasteiger partial charge in [0.2, 0.25) is 0 Å². The van der Waals surface area contributed by atoms with Crippen LogP contribution in [0.4, 0.5) is 0 Å². The first kappa shape index (κ1) is 21.1. The topological polar surface area (TPSA) is 35.5 Å². The Labute approximate surface area is 164 Å². The van der Waals surface area contributed by atoms with Crippen LogP contribution >= 0.6 is 0 Å². The summed E-state index contributed by atoms with van der Waals surface area (Å²) in [5, 5.41) is 2.29. The molecule has 27 heavy (non-hydrogen) atoms. The number of benzene rings is 2. The predicted octanol–water partition coefficient (Wildman–Crippen LogP) is 3.93. The smallest absolute Gasteiger partial charge is 0.334 e. The molecule has 0 fully saturated rings. The zero-order valence-electron chi connectivity index (χ0n) is 16.9. The third kappa shape index (κ3) is 4.96. The fourth-order valence-corrected chi connectivity index (χ4v) is 7.23. The number of hydrogen-bond acceptors (Lipinski definition) is 3. The molecule has 144 valence electrons. The van der Waals surface area contributed by atoms with Gasteiger partial charge in [0.15, 0.2) is 0 Å². The second kappa shape index (κ2) is 9.15. The summed E-state index contributed by atoms with van der Waals surface area (Å²) in [6, 6.07) is 21.3. The van der Waals surface area contributed by atoms with Crippen LogP contribution in [0, 0.1) is 5.41 Å². The number of rotatable bonds is 7. The molecular weight excluding hydrogens is 352 g/mol. The molecule has 0 aliphatic rings. The van der Waals surface area contributed by atoms with Crippen molar-refractivity contribution in [2.75, 3.05) is 7.11 Å². The maximum atomic E-state index is 12.6. The molecule has 4 heteroatoms. The minimum absolute atomic E-state index is 0.327. The number of allylic oxidation sites excluding steroid dienone is 2. The highest BCUT2D eigenvalue weighted by Crippen LogP contribution is 2.28. The first-order valence-electron chi connectivity index (χ1n) is 9.33. The van der Waals surface area contributed by atoms with Crippen molar-refractivity contribution in [3.63, 3.8) is 0 Å². The molecule has 2 aromatic rings. The Morgan fingerprint density at radius 2 is 1.48 bits per heavy atom. The van der Waals surface area contributed by atoms with Gasteiger partial charge in [0, 0.05) is 0 Å². The number of ether oxygens (including phenoxy) is 1. The van der Waals surface area contributed by atoms with E-state index in [1.807, 2.05) is 70.2 Å². The molecular formula is C23H30O3Si. The number of methoxy groups -OCH3 is 1. The van der Waals surface area contributed by atoms with Crippen molar-refractivity contribution in [1.29, 1.82) is 0 Å². The predicted molar refractivity (Wildman–Crippen MR) is 114 cm³/mol. The SMILES string of the molecule is C/C=C\C[Si](OC(C(=O)OC)C(C)(C)C)(c1ccccc1)c1ccccc1. The molecule has 0 radical (unpaired) electrons. The molecule has 0 bridgehead atoms. The van der Waals surface area contributed by atoms with Gasteiger partial charge < -0.3 is 9.16 Å². The lowest BCUT2D eigenvalue weighted by atomic mass is 9.89. The maximum Gasteiger partial charge on any atom is 0.334 e. The molecule has 0 saturated carbocycles. The van der Waals surface area contributed by atoms with Gasteiger partial charge in [-0.3, -0.25) is 0 Å². The van der Waals surface area contributed by atoms with E-state index in [2.05, 4.69) is 30.3 Å². The molecule has 2 aromatic carbocycles. The zero-order chi connectivity index (χ0) is 19.9. The lowest BCUT2D eigenvalue weighted by Crippen LogP contribution is -2.64. The van der Waals surface area contributed by atoms with Crippen molar-refractivity contribution < 1.29 is 14.0 Å². The molecule has 0 heterocycles. The van der Waals surface area contributed by atoms with Gasteiger partial charge in [-0.05, 0) is 28.8 Å². The van der Waals surface area contributed by atoms with Crippen molar-refractivity contribution in [3.8, 4) is 0 Å². The summed E-state index contributed by atoms with van der Waals surface area (Å²) in [7, 11) is -1.29. The van der Waals surface area contributed by atoms with Crippen molar-refractivity contribution in [3.05, 3.63) is 72.8 Å². The van der Waals surface area contributed by atoms with Crippen LogP contribution in [0.25, 0.3) is 0 Å². The van der Waals surface area contributed by atoms with Gasteiger partial charge in [-0.1, -0.05) is 93.6 Å². The summed E-state index contributed by atoms with van der Waals surface area (Å²) in [5.74, 6) is -0.327. The standard InChI is InChI=1S/C23H30O3Si/c1-6-7-18-27(19-14-10-8-11-15-19,20-16-12-9-13-17-20)26-21(22(24)25-5)23(2,3)4/h6-17,21H,18H2,1-5H3/b7-6-. The third-order valence-corrected chi connectivity index (χ3v) is 8.62. The molecule has 1 unspecified atom stereocenters. The molecule has 0 saturated heterocycles. The fraction of sp³-hybridized carbons (Fsp3) is 0.348. The number of esters is 1. The van der Waals surface area contributed by atoms with E-state index in [9.17, 15) is 4.79 Å². The summed E-state index contributed by atoms with van der Waals surface area (Å²) in [4.78, 5) is 12.6. The van der Waals surface area contributed by atoms with E-state index < -0.39 is 14.4 Å². The quantitative estimate of drug-likeness (QED) is 0.413. The average Bonchev–Trinajstić information content (AvgIpc) is 2.68. The van der Waals surface area contributed by atoms with Crippen molar-refractivity contribution in [1.82, 2.24) is 0 Å². The summed E-state index contributed by atoms with van der Waals surface area (Å²) in [6.45, 7) is 8.05. The molecule has 0 spiro atoms. The normalized spacial score (nSPS) is 13.5. The third-order valence-electron chi connectivity index (χ3n) is 4.64. The molecule has 0 amide bonds. The second-order valence-corrected chi connectivity index (χ2v) is 11.2. The van der Waals surface area contributed by atoms with E-state index in [0.29, 0.717) is 0 Å². The largest absolute Gasteiger partial charge is 0.467 e. The highest BCUT2D eigenvalue weighted by atomic mass is 28.4. The van der Waals surface area contributed by atoms with Gasteiger partial charge in [0.25, 0.3) is 8.32 Å². The molecule has 1 atom stereocenters.